The third-order valence-corrected chi connectivity index (χ3v) is 8.24. The molecular formula is C28H33N3O5S. The topological polar surface area (TPSA) is 125 Å². The monoisotopic (exact) mass is 523 g/mol. The highest BCUT2D eigenvalue weighted by molar-refractivity contribution is 7.87. The van der Waals surface area contributed by atoms with E-state index in [9.17, 15) is 23.7 Å². The van der Waals surface area contributed by atoms with Gasteiger partial charge in [-0.1, -0.05) is 60.7 Å². The molecule has 2 aliphatic carbocycles. The minimum absolute atomic E-state index is 0.0141. The van der Waals surface area contributed by atoms with Gasteiger partial charge in [-0.2, -0.15) is 0 Å². The molecule has 0 aliphatic heterocycles. The molecule has 2 amide bonds. The van der Waals surface area contributed by atoms with Crippen LogP contribution in [0.1, 0.15) is 48.4 Å². The van der Waals surface area contributed by atoms with Crippen LogP contribution in [0, 0.1) is 5.92 Å². The van der Waals surface area contributed by atoms with Crippen LogP contribution in [-0.2, 0) is 38.2 Å². The molecule has 0 aromatic heterocycles. The first-order chi connectivity index (χ1) is 17.9. The number of Topliss-reactive ketones (excluding diaryl/α,β-unsaturated/α-hetero) is 1. The number of carbonyl (C=O) groups excluding carboxylic acids is 3. The Hall–Kier alpha value is -3.14. The predicted molar refractivity (Wildman–Crippen MR) is 141 cm³/mol. The second-order valence-corrected chi connectivity index (χ2v) is 11.0. The van der Waals surface area contributed by atoms with Gasteiger partial charge in [0.15, 0.2) is 0 Å². The van der Waals surface area contributed by atoms with E-state index in [2.05, 4.69) is 15.4 Å². The zero-order chi connectivity index (χ0) is 26.2. The zero-order valence-electron chi connectivity index (χ0n) is 20.6. The van der Waals surface area contributed by atoms with Crippen molar-refractivity contribution in [2.24, 2.45) is 5.92 Å². The molecule has 37 heavy (non-hydrogen) atoms. The smallest absolute Gasteiger partial charge is 0.224 e. The Kier molecular flexibility index (Phi) is 9.38. The summed E-state index contributed by atoms with van der Waals surface area (Å²) in [4.78, 5) is 37.6. The highest BCUT2D eigenvalue weighted by Crippen LogP contribution is 2.31. The number of fused-ring (bicyclic) bond motifs is 1. The van der Waals surface area contributed by atoms with E-state index in [0.717, 1.165) is 16.7 Å². The number of benzene rings is 2. The number of ketones is 1. The lowest BCUT2D eigenvalue weighted by atomic mass is 9.92. The van der Waals surface area contributed by atoms with Gasteiger partial charge in [0.05, 0.1) is 18.7 Å². The fraction of sp³-hybridized carbons (Fsp3) is 0.393. The van der Waals surface area contributed by atoms with Gasteiger partial charge >= 0.3 is 0 Å². The molecule has 0 bridgehead atoms. The maximum absolute atomic E-state index is 13.4. The number of amides is 2. The van der Waals surface area contributed by atoms with Crippen LogP contribution in [0.5, 0.6) is 0 Å². The fourth-order valence-corrected chi connectivity index (χ4v) is 6.02. The molecule has 5 unspecified atom stereocenters. The molecule has 8 nitrogen and oxygen atoms in total. The van der Waals surface area contributed by atoms with Crippen LogP contribution in [0.4, 0.5) is 0 Å². The van der Waals surface area contributed by atoms with Crippen molar-refractivity contribution < 1.29 is 23.7 Å². The molecule has 4 N–H and O–H groups in total. The molecule has 5 atom stereocenters. The van der Waals surface area contributed by atoms with Crippen molar-refractivity contribution in [3.63, 3.8) is 0 Å². The van der Waals surface area contributed by atoms with E-state index in [1.54, 1.807) is 0 Å². The van der Waals surface area contributed by atoms with E-state index < -0.39 is 29.0 Å². The molecule has 2 aliphatic rings. The van der Waals surface area contributed by atoms with Crippen LogP contribution in [-0.4, -0.2) is 46.1 Å². The highest BCUT2D eigenvalue weighted by Gasteiger charge is 2.34. The standard InChI is InChI=1S/C28H33N3O5S/c32-18-29-22-10-12-24(13-11-22)37(36)30-17-23(33)15-21(14-19-6-2-1-3-7-19)28(35)31-27-25-9-5-4-8-20(25)16-26(27)34/h1-9,12,18,21-22,26-27,30,34H,10-11,13-17H2,(H,29,32)(H,31,35). The lowest BCUT2D eigenvalue weighted by Crippen LogP contribution is -2.40. The predicted octanol–water partition coefficient (Wildman–Crippen LogP) is 2.01. The summed E-state index contributed by atoms with van der Waals surface area (Å²) in [5.74, 6) is -1.13. The highest BCUT2D eigenvalue weighted by atomic mass is 32.2. The Labute approximate surface area is 219 Å². The lowest BCUT2D eigenvalue weighted by molar-refractivity contribution is -0.130. The number of hydrogen-bond acceptors (Lipinski definition) is 5. The second kappa shape index (κ2) is 12.9. The first kappa shape index (κ1) is 26.9. The van der Waals surface area contributed by atoms with Gasteiger partial charge < -0.3 is 15.7 Å². The third-order valence-electron chi connectivity index (χ3n) is 6.98. The molecule has 9 heteroatoms. The van der Waals surface area contributed by atoms with Gasteiger partial charge in [-0.15, -0.1) is 0 Å². The lowest BCUT2D eigenvalue weighted by Gasteiger charge is -2.23. The summed E-state index contributed by atoms with van der Waals surface area (Å²) in [5.41, 5.74) is 2.84. The maximum atomic E-state index is 13.4. The normalized spacial score (nSPS) is 22.3. The fourth-order valence-electron chi connectivity index (χ4n) is 4.99. The summed E-state index contributed by atoms with van der Waals surface area (Å²) in [6, 6.07) is 16.7. The van der Waals surface area contributed by atoms with E-state index in [4.69, 9.17) is 0 Å². The van der Waals surface area contributed by atoms with Crippen LogP contribution < -0.4 is 15.4 Å². The van der Waals surface area contributed by atoms with Crippen molar-refractivity contribution in [2.45, 2.75) is 56.7 Å². The van der Waals surface area contributed by atoms with Crippen LogP contribution >= 0.6 is 0 Å². The molecule has 0 fully saturated rings. The number of carbonyl (C=O) groups is 3. The molecule has 0 spiro atoms. The SMILES string of the molecule is O=CNC1CC=C(S(=O)NCC(=O)CC(Cc2ccccc2)C(=O)NC2c3ccccc3CC2O)CC1. The van der Waals surface area contributed by atoms with Crippen LogP contribution in [0.25, 0.3) is 0 Å². The molecular weight excluding hydrogens is 490 g/mol. The van der Waals surface area contributed by atoms with Crippen molar-refractivity contribution in [3.8, 4) is 0 Å². The van der Waals surface area contributed by atoms with Gasteiger partial charge in [0, 0.05) is 29.7 Å². The Morgan fingerprint density at radius 2 is 1.86 bits per heavy atom. The van der Waals surface area contributed by atoms with E-state index in [0.29, 0.717) is 43.4 Å². The number of allylic oxidation sites excluding steroid dienone is 1. The Balaban J connectivity index is 1.37. The van der Waals surface area contributed by atoms with Gasteiger partial charge in [-0.3, -0.25) is 14.4 Å². The van der Waals surface area contributed by atoms with Gasteiger partial charge in [0.1, 0.15) is 16.8 Å². The Morgan fingerprint density at radius 1 is 1.11 bits per heavy atom. The van der Waals surface area contributed by atoms with Gasteiger partial charge in [-0.25, -0.2) is 8.93 Å². The zero-order valence-corrected chi connectivity index (χ0v) is 21.4. The van der Waals surface area contributed by atoms with Crippen LogP contribution in [0.2, 0.25) is 0 Å². The number of rotatable bonds is 12. The third kappa shape index (κ3) is 7.21. The van der Waals surface area contributed by atoms with Crippen molar-refractivity contribution in [2.75, 3.05) is 6.54 Å². The molecule has 196 valence electrons. The maximum Gasteiger partial charge on any atom is 0.224 e. The average Bonchev–Trinajstić information content (AvgIpc) is 3.22. The number of nitrogens with one attached hydrogen (secondary N) is 3. The van der Waals surface area contributed by atoms with E-state index in [1.807, 2.05) is 60.7 Å². The summed E-state index contributed by atoms with van der Waals surface area (Å²) >= 11 is 0. The first-order valence-corrected chi connectivity index (χ1v) is 13.8. The van der Waals surface area contributed by atoms with E-state index >= 15 is 0 Å². The number of hydrogen-bond donors (Lipinski definition) is 4. The summed E-state index contributed by atoms with van der Waals surface area (Å²) in [7, 11) is -1.50. The summed E-state index contributed by atoms with van der Waals surface area (Å²) < 4.78 is 15.4. The number of aliphatic hydroxyl groups is 1. The molecule has 2 aromatic rings. The van der Waals surface area contributed by atoms with E-state index in [1.165, 1.54) is 0 Å². The van der Waals surface area contributed by atoms with Crippen molar-refractivity contribution in [3.05, 3.63) is 82.3 Å². The van der Waals surface area contributed by atoms with Crippen molar-refractivity contribution in [1.82, 2.24) is 15.4 Å². The van der Waals surface area contributed by atoms with Gasteiger partial charge in [0.25, 0.3) is 0 Å². The molecule has 2 aromatic carbocycles. The molecule has 0 saturated heterocycles. The Morgan fingerprint density at radius 3 is 2.59 bits per heavy atom. The minimum atomic E-state index is -1.50. The molecule has 0 radical (unpaired) electrons. The van der Waals surface area contributed by atoms with Gasteiger partial charge in [-0.05, 0) is 42.4 Å². The quantitative estimate of drug-likeness (QED) is 0.317. The molecule has 4 rings (SSSR count). The van der Waals surface area contributed by atoms with Crippen molar-refractivity contribution in [1.29, 1.82) is 0 Å². The molecule has 0 saturated carbocycles. The summed E-state index contributed by atoms with van der Waals surface area (Å²) in [6.07, 6.45) is 4.50. The minimum Gasteiger partial charge on any atom is -0.390 e. The van der Waals surface area contributed by atoms with Crippen LogP contribution in [0.15, 0.2) is 65.6 Å². The van der Waals surface area contributed by atoms with Crippen LogP contribution in [0.3, 0.4) is 0 Å². The van der Waals surface area contributed by atoms with Gasteiger partial charge in [0.2, 0.25) is 12.3 Å². The summed E-state index contributed by atoms with van der Waals surface area (Å²) in [5, 5.41) is 16.3. The second-order valence-electron chi connectivity index (χ2n) is 9.60. The summed E-state index contributed by atoms with van der Waals surface area (Å²) in [6.45, 7) is -0.118. The Bertz CT molecular complexity index is 1170. The van der Waals surface area contributed by atoms with Crippen molar-refractivity contribution >= 4 is 29.1 Å². The van der Waals surface area contributed by atoms with E-state index in [-0.39, 0.29) is 30.7 Å². The largest absolute Gasteiger partial charge is 0.390 e. The first-order valence-electron chi connectivity index (χ1n) is 12.6. The molecule has 0 heterocycles. The number of aliphatic hydroxyl groups excluding tert-OH is 1. The average molecular weight is 524 g/mol.